The number of piperazine rings is 1. The lowest BCUT2D eigenvalue weighted by molar-refractivity contribution is 0.0597. The van der Waals surface area contributed by atoms with Crippen LogP contribution in [0.5, 0.6) is 5.88 Å². The van der Waals surface area contributed by atoms with Crippen LogP contribution in [0.3, 0.4) is 0 Å². The number of fused-ring (bicyclic) bond motifs is 1. The molecule has 27 heavy (non-hydrogen) atoms. The Labute approximate surface area is 157 Å². The van der Waals surface area contributed by atoms with Gasteiger partial charge in [-0.15, -0.1) is 0 Å². The van der Waals surface area contributed by atoms with Crippen LogP contribution in [-0.2, 0) is 0 Å². The molecule has 3 heterocycles. The number of hydrogen-bond acceptors (Lipinski definition) is 5. The number of amides is 1. The van der Waals surface area contributed by atoms with E-state index in [0.717, 1.165) is 18.7 Å². The molecule has 0 bridgehead atoms. The Kier molecular flexibility index (Phi) is 4.53. The van der Waals surface area contributed by atoms with Gasteiger partial charge in [0.15, 0.2) is 5.65 Å². The van der Waals surface area contributed by atoms with Crippen LogP contribution in [0.1, 0.15) is 24.2 Å². The third-order valence-electron chi connectivity index (χ3n) is 5.08. The predicted molar refractivity (Wildman–Crippen MR) is 103 cm³/mol. The minimum absolute atomic E-state index is 0.0393. The molecule has 0 spiro atoms. The lowest BCUT2D eigenvalue weighted by Gasteiger charge is -2.36. The van der Waals surface area contributed by atoms with Gasteiger partial charge >= 0.3 is 0 Å². The number of carbonyl (C=O) groups is 1. The first-order valence-corrected chi connectivity index (χ1v) is 9.21. The highest BCUT2D eigenvalue weighted by molar-refractivity contribution is 6.00. The first-order chi connectivity index (χ1) is 13.0. The Balaban J connectivity index is 1.66. The normalized spacial score (nSPS) is 15.6. The molecule has 1 amide bonds. The summed E-state index contributed by atoms with van der Waals surface area (Å²) >= 11 is 0. The van der Waals surface area contributed by atoms with Crippen molar-refractivity contribution in [2.24, 2.45) is 0 Å². The maximum atomic E-state index is 13.0. The lowest BCUT2D eigenvalue weighted by Crippen LogP contribution is -2.50. The van der Waals surface area contributed by atoms with Gasteiger partial charge in [0.2, 0.25) is 5.88 Å². The van der Waals surface area contributed by atoms with E-state index in [1.54, 1.807) is 6.07 Å². The third-order valence-corrected chi connectivity index (χ3v) is 5.08. The Morgan fingerprint density at radius 1 is 1.11 bits per heavy atom. The second-order valence-corrected chi connectivity index (χ2v) is 7.08. The van der Waals surface area contributed by atoms with Gasteiger partial charge in [0.25, 0.3) is 5.91 Å². The third kappa shape index (κ3) is 3.26. The minimum atomic E-state index is -0.0921. The molecule has 3 aromatic rings. The standard InChI is InChI=1S/C20H23N5O2/c1-14(2)23-8-10-24(11-9-23)20(27)16-13-21-25-18(26)12-17(22-19(16)25)15-6-4-3-5-7-15/h3-7,12-14,26H,8-11H2,1-2H3. The molecule has 1 N–H and O–H groups in total. The summed E-state index contributed by atoms with van der Waals surface area (Å²) in [6.45, 7) is 7.41. The van der Waals surface area contributed by atoms with Crippen LogP contribution in [-0.4, -0.2) is 67.6 Å². The van der Waals surface area contributed by atoms with Gasteiger partial charge in [-0.2, -0.15) is 9.61 Å². The summed E-state index contributed by atoms with van der Waals surface area (Å²) in [6.07, 6.45) is 1.49. The zero-order chi connectivity index (χ0) is 19.0. The van der Waals surface area contributed by atoms with Crippen molar-refractivity contribution in [3.8, 4) is 17.1 Å². The molecule has 4 rings (SSSR count). The maximum absolute atomic E-state index is 13.0. The molecule has 7 heteroatoms. The zero-order valence-electron chi connectivity index (χ0n) is 15.5. The molecular formula is C20H23N5O2. The van der Waals surface area contributed by atoms with Crippen molar-refractivity contribution >= 4 is 11.6 Å². The van der Waals surface area contributed by atoms with Crippen molar-refractivity contribution in [2.45, 2.75) is 19.9 Å². The van der Waals surface area contributed by atoms with E-state index >= 15 is 0 Å². The molecule has 140 valence electrons. The van der Waals surface area contributed by atoms with Crippen molar-refractivity contribution in [1.29, 1.82) is 0 Å². The highest BCUT2D eigenvalue weighted by Gasteiger charge is 2.26. The van der Waals surface area contributed by atoms with Gasteiger partial charge < -0.3 is 10.0 Å². The molecule has 2 aromatic heterocycles. The number of hydrogen-bond donors (Lipinski definition) is 1. The van der Waals surface area contributed by atoms with Crippen LogP contribution in [0, 0.1) is 0 Å². The van der Waals surface area contributed by atoms with Gasteiger partial charge in [0, 0.05) is 43.9 Å². The molecule has 1 aliphatic rings. The Bertz CT molecular complexity index is 959. The van der Waals surface area contributed by atoms with Gasteiger partial charge in [0.05, 0.1) is 11.9 Å². The summed E-state index contributed by atoms with van der Waals surface area (Å²) < 4.78 is 1.31. The van der Waals surface area contributed by atoms with Gasteiger partial charge in [-0.25, -0.2) is 4.98 Å². The largest absolute Gasteiger partial charge is 0.493 e. The average molecular weight is 365 g/mol. The first kappa shape index (κ1) is 17.5. The SMILES string of the molecule is CC(C)N1CCN(C(=O)c2cnn3c(O)cc(-c4ccccc4)nc23)CC1. The summed E-state index contributed by atoms with van der Waals surface area (Å²) in [5.74, 6) is -0.131. The second-order valence-electron chi connectivity index (χ2n) is 7.08. The summed E-state index contributed by atoms with van der Waals surface area (Å²) in [6, 6.07) is 11.6. The monoisotopic (exact) mass is 365 g/mol. The zero-order valence-corrected chi connectivity index (χ0v) is 15.5. The summed E-state index contributed by atoms with van der Waals surface area (Å²) in [5.41, 5.74) is 2.28. The quantitative estimate of drug-likeness (QED) is 0.771. The molecule has 1 aliphatic heterocycles. The summed E-state index contributed by atoms with van der Waals surface area (Å²) in [7, 11) is 0. The van der Waals surface area contributed by atoms with Gasteiger partial charge in [-0.1, -0.05) is 30.3 Å². The molecule has 1 aromatic carbocycles. The van der Waals surface area contributed by atoms with Gasteiger partial charge in [-0.3, -0.25) is 9.69 Å². The molecule has 0 unspecified atom stereocenters. The maximum Gasteiger partial charge on any atom is 0.259 e. The van der Waals surface area contributed by atoms with Crippen LogP contribution in [0.2, 0.25) is 0 Å². The number of rotatable bonds is 3. The minimum Gasteiger partial charge on any atom is -0.493 e. The second kappa shape index (κ2) is 7.00. The molecule has 0 atom stereocenters. The smallest absolute Gasteiger partial charge is 0.259 e. The lowest BCUT2D eigenvalue weighted by atomic mass is 10.1. The number of carbonyl (C=O) groups excluding carboxylic acids is 1. The molecule has 0 aliphatic carbocycles. The fourth-order valence-corrected chi connectivity index (χ4v) is 3.47. The topological polar surface area (TPSA) is 74.0 Å². The molecule has 0 saturated carbocycles. The molecule has 1 saturated heterocycles. The van der Waals surface area contributed by atoms with E-state index in [1.165, 1.54) is 10.7 Å². The Morgan fingerprint density at radius 2 is 1.81 bits per heavy atom. The van der Waals surface area contributed by atoms with Crippen LogP contribution in [0.25, 0.3) is 16.9 Å². The highest BCUT2D eigenvalue weighted by atomic mass is 16.3. The fourth-order valence-electron chi connectivity index (χ4n) is 3.47. The van der Waals surface area contributed by atoms with E-state index in [4.69, 9.17) is 0 Å². The van der Waals surface area contributed by atoms with Crippen molar-refractivity contribution in [3.05, 3.63) is 48.2 Å². The Morgan fingerprint density at radius 3 is 2.48 bits per heavy atom. The van der Waals surface area contributed by atoms with Crippen molar-refractivity contribution in [1.82, 2.24) is 24.4 Å². The summed E-state index contributed by atoms with van der Waals surface area (Å²) in [5, 5.41) is 14.5. The van der Waals surface area contributed by atoms with Crippen LogP contribution < -0.4 is 0 Å². The first-order valence-electron chi connectivity index (χ1n) is 9.21. The number of benzene rings is 1. The molecule has 7 nitrogen and oxygen atoms in total. The van der Waals surface area contributed by atoms with Crippen molar-refractivity contribution < 1.29 is 9.90 Å². The van der Waals surface area contributed by atoms with E-state index in [1.807, 2.05) is 35.2 Å². The van der Waals surface area contributed by atoms with E-state index in [9.17, 15) is 9.90 Å². The predicted octanol–water partition coefficient (Wildman–Crippen LogP) is 2.27. The van der Waals surface area contributed by atoms with Crippen molar-refractivity contribution in [2.75, 3.05) is 26.2 Å². The van der Waals surface area contributed by atoms with E-state index in [-0.39, 0.29) is 11.8 Å². The van der Waals surface area contributed by atoms with Crippen molar-refractivity contribution in [3.63, 3.8) is 0 Å². The molecule has 0 radical (unpaired) electrons. The van der Waals surface area contributed by atoms with Gasteiger partial charge in [0.1, 0.15) is 5.56 Å². The van der Waals surface area contributed by atoms with Crippen LogP contribution >= 0.6 is 0 Å². The molecular weight excluding hydrogens is 342 g/mol. The summed E-state index contributed by atoms with van der Waals surface area (Å²) in [4.78, 5) is 21.8. The van der Waals surface area contributed by atoms with Crippen LogP contribution in [0.4, 0.5) is 0 Å². The average Bonchev–Trinajstić information content (AvgIpc) is 3.13. The van der Waals surface area contributed by atoms with Crippen LogP contribution in [0.15, 0.2) is 42.6 Å². The molecule has 1 fully saturated rings. The van der Waals surface area contributed by atoms with E-state index in [0.29, 0.717) is 36.0 Å². The van der Waals surface area contributed by atoms with E-state index < -0.39 is 0 Å². The number of nitrogens with zero attached hydrogens (tertiary/aromatic N) is 5. The number of aromatic hydroxyl groups is 1. The van der Waals surface area contributed by atoms with E-state index in [2.05, 4.69) is 28.8 Å². The fraction of sp³-hybridized carbons (Fsp3) is 0.350. The van der Waals surface area contributed by atoms with Gasteiger partial charge in [-0.05, 0) is 13.8 Å². The Hall–Kier alpha value is -2.93. The number of aromatic nitrogens is 3. The highest BCUT2D eigenvalue weighted by Crippen LogP contribution is 2.25.